The third-order valence-electron chi connectivity index (χ3n) is 3.95. The minimum absolute atomic E-state index is 0.0290. The number of carbonyl (C=O) groups excluding carboxylic acids is 1. The summed E-state index contributed by atoms with van der Waals surface area (Å²) in [6.45, 7) is 1.03. The van der Waals surface area contributed by atoms with Gasteiger partial charge < -0.3 is 10.6 Å². The first-order chi connectivity index (χ1) is 13.1. The van der Waals surface area contributed by atoms with Crippen LogP contribution in [-0.2, 0) is 4.79 Å². The van der Waals surface area contributed by atoms with Crippen LogP contribution in [0.3, 0.4) is 0 Å². The summed E-state index contributed by atoms with van der Waals surface area (Å²) in [6.07, 6.45) is 0. The Hall–Kier alpha value is -3.06. The maximum absolute atomic E-state index is 12.0. The highest BCUT2D eigenvalue weighted by molar-refractivity contribution is 8.00. The molecule has 3 aromatic rings. The quantitative estimate of drug-likeness (QED) is 0.266. The molecule has 1 amide bonds. The summed E-state index contributed by atoms with van der Waals surface area (Å²) in [4.78, 5) is 23.2. The van der Waals surface area contributed by atoms with Crippen molar-refractivity contribution in [2.45, 2.75) is 4.90 Å². The summed E-state index contributed by atoms with van der Waals surface area (Å²) < 4.78 is 0. The van der Waals surface area contributed by atoms with Crippen LogP contribution in [0, 0.1) is 10.1 Å². The minimum atomic E-state index is -0.433. The second kappa shape index (κ2) is 9.05. The molecule has 0 bridgehead atoms. The normalized spacial score (nSPS) is 10.5. The molecule has 0 heterocycles. The van der Waals surface area contributed by atoms with Crippen LogP contribution in [0.15, 0.2) is 71.6 Å². The lowest BCUT2D eigenvalue weighted by Gasteiger charge is -2.08. The lowest BCUT2D eigenvalue weighted by Crippen LogP contribution is -2.30. The zero-order valence-electron chi connectivity index (χ0n) is 14.6. The van der Waals surface area contributed by atoms with Crippen molar-refractivity contribution in [3.63, 3.8) is 0 Å². The SMILES string of the molecule is O=C(CSc1ccc2ccccc2c1)NCCNc1ccc([N+](=O)[O-])cc1. The van der Waals surface area contributed by atoms with Gasteiger partial charge in [-0.15, -0.1) is 11.8 Å². The average molecular weight is 381 g/mol. The van der Waals surface area contributed by atoms with Crippen molar-refractivity contribution in [3.05, 3.63) is 76.8 Å². The number of nitro groups is 1. The molecule has 0 atom stereocenters. The first-order valence-corrected chi connectivity index (χ1v) is 9.47. The predicted molar refractivity (Wildman–Crippen MR) is 109 cm³/mol. The zero-order chi connectivity index (χ0) is 19.1. The lowest BCUT2D eigenvalue weighted by molar-refractivity contribution is -0.384. The number of nitrogens with zero attached hydrogens (tertiary/aromatic N) is 1. The molecule has 0 spiro atoms. The molecular weight excluding hydrogens is 362 g/mol. The van der Waals surface area contributed by atoms with Crippen molar-refractivity contribution >= 4 is 39.8 Å². The molecule has 0 unspecified atom stereocenters. The number of thioether (sulfide) groups is 1. The Kier molecular flexibility index (Phi) is 6.27. The Morgan fingerprint density at radius 3 is 2.44 bits per heavy atom. The van der Waals surface area contributed by atoms with E-state index in [9.17, 15) is 14.9 Å². The molecule has 0 fully saturated rings. The van der Waals surface area contributed by atoms with Crippen LogP contribution in [0.1, 0.15) is 0 Å². The molecule has 0 radical (unpaired) electrons. The molecule has 0 aliphatic carbocycles. The number of non-ortho nitro benzene ring substituents is 1. The summed E-state index contributed by atoms with van der Waals surface area (Å²) in [5.74, 6) is 0.328. The third kappa shape index (κ3) is 5.46. The Balaban J connectivity index is 1.38. The van der Waals surface area contributed by atoms with E-state index in [0.717, 1.165) is 16.0 Å². The van der Waals surface area contributed by atoms with Crippen LogP contribution >= 0.6 is 11.8 Å². The van der Waals surface area contributed by atoms with Crippen LogP contribution in [0.5, 0.6) is 0 Å². The molecular formula is C20H19N3O3S. The number of benzene rings is 3. The van der Waals surface area contributed by atoms with Crippen molar-refractivity contribution in [1.29, 1.82) is 0 Å². The van der Waals surface area contributed by atoms with Crippen LogP contribution in [0.2, 0.25) is 0 Å². The molecule has 7 heteroatoms. The standard InChI is InChI=1S/C20H19N3O3S/c24-20(14-27-19-10-5-15-3-1-2-4-16(15)13-19)22-12-11-21-17-6-8-18(9-7-17)23(25)26/h1-10,13,21H,11-12,14H2,(H,22,24). The summed E-state index contributed by atoms with van der Waals surface area (Å²) >= 11 is 1.51. The molecule has 0 aliphatic rings. The highest BCUT2D eigenvalue weighted by Crippen LogP contribution is 2.23. The number of fused-ring (bicyclic) bond motifs is 1. The van der Waals surface area contributed by atoms with Gasteiger partial charge in [-0.05, 0) is 35.0 Å². The first kappa shape index (κ1) is 18.7. The van der Waals surface area contributed by atoms with Gasteiger partial charge in [0.25, 0.3) is 5.69 Å². The second-order valence-electron chi connectivity index (χ2n) is 5.88. The van der Waals surface area contributed by atoms with E-state index in [1.54, 1.807) is 12.1 Å². The van der Waals surface area contributed by atoms with Crippen molar-refractivity contribution in [3.8, 4) is 0 Å². The molecule has 3 aromatic carbocycles. The number of nitro benzene ring substituents is 1. The van der Waals surface area contributed by atoms with Gasteiger partial charge in [-0.3, -0.25) is 14.9 Å². The fraction of sp³-hybridized carbons (Fsp3) is 0.150. The Labute approximate surface area is 161 Å². The van der Waals surface area contributed by atoms with Gasteiger partial charge in [0.1, 0.15) is 0 Å². The highest BCUT2D eigenvalue weighted by Gasteiger charge is 2.05. The number of hydrogen-bond donors (Lipinski definition) is 2. The average Bonchev–Trinajstić information content (AvgIpc) is 2.70. The maximum atomic E-state index is 12.0. The smallest absolute Gasteiger partial charge is 0.269 e. The van der Waals surface area contributed by atoms with Gasteiger partial charge in [-0.1, -0.05) is 30.3 Å². The molecule has 2 N–H and O–H groups in total. The maximum Gasteiger partial charge on any atom is 0.269 e. The Bertz CT molecular complexity index is 945. The fourth-order valence-corrected chi connectivity index (χ4v) is 3.34. The Morgan fingerprint density at radius 2 is 1.70 bits per heavy atom. The van der Waals surface area contributed by atoms with Crippen LogP contribution in [0.4, 0.5) is 11.4 Å². The van der Waals surface area contributed by atoms with Gasteiger partial charge in [0, 0.05) is 35.8 Å². The van der Waals surface area contributed by atoms with E-state index in [4.69, 9.17) is 0 Å². The number of hydrogen-bond acceptors (Lipinski definition) is 5. The summed E-state index contributed by atoms with van der Waals surface area (Å²) in [5, 5.41) is 18.9. The predicted octanol–water partition coefficient (Wildman–Crippen LogP) is 4.07. The van der Waals surface area contributed by atoms with E-state index in [2.05, 4.69) is 34.9 Å². The van der Waals surface area contributed by atoms with Gasteiger partial charge in [-0.25, -0.2) is 0 Å². The van der Waals surface area contributed by atoms with Gasteiger partial charge >= 0.3 is 0 Å². The van der Waals surface area contributed by atoms with Gasteiger partial charge in [0.05, 0.1) is 10.7 Å². The molecule has 0 aromatic heterocycles. The molecule has 3 rings (SSSR count). The van der Waals surface area contributed by atoms with Gasteiger partial charge in [-0.2, -0.15) is 0 Å². The fourth-order valence-electron chi connectivity index (χ4n) is 2.57. The molecule has 138 valence electrons. The van der Waals surface area contributed by atoms with Gasteiger partial charge in [0.2, 0.25) is 5.91 Å². The molecule has 0 aliphatic heterocycles. The molecule has 0 saturated carbocycles. The largest absolute Gasteiger partial charge is 0.383 e. The van der Waals surface area contributed by atoms with Gasteiger partial charge in [0.15, 0.2) is 0 Å². The van der Waals surface area contributed by atoms with E-state index in [1.807, 2.05) is 18.2 Å². The van der Waals surface area contributed by atoms with Crippen molar-refractivity contribution in [2.24, 2.45) is 0 Å². The number of carbonyl (C=O) groups is 1. The number of rotatable bonds is 8. The van der Waals surface area contributed by atoms with Crippen LogP contribution < -0.4 is 10.6 Å². The van der Waals surface area contributed by atoms with E-state index in [-0.39, 0.29) is 11.6 Å². The molecule has 27 heavy (non-hydrogen) atoms. The lowest BCUT2D eigenvalue weighted by atomic mass is 10.1. The van der Waals surface area contributed by atoms with Crippen molar-refractivity contribution in [2.75, 3.05) is 24.2 Å². The number of anilines is 1. The van der Waals surface area contributed by atoms with E-state index in [1.165, 1.54) is 29.3 Å². The Morgan fingerprint density at radius 1 is 0.963 bits per heavy atom. The summed E-state index contributed by atoms with van der Waals surface area (Å²) in [6, 6.07) is 20.5. The summed E-state index contributed by atoms with van der Waals surface area (Å²) in [5.41, 5.74) is 0.833. The highest BCUT2D eigenvalue weighted by atomic mass is 32.2. The number of amides is 1. The molecule has 6 nitrogen and oxygen atoms in total. The zero-order valence-corrected chi connectivity index (χ0v) is 15.4. The van der Waals surface area contributed by atoms with Crippen LogP contribution in [-0.4, -0.2) is 29.7 Å². The van der Waals surface area contributed by atoms with Crippen molar-refractivity contribution < 1.29 is 9.72 Å². The van der Waals surface area contributed by atoms with E-state index in [0.29, 0.717) is 18.8 Å². The monoisotopic (exact) mass is 381 g/mol. The van der Waals surface area contributed by atoms with Crippen molar-refractivity contribution in [1.82, 2.24) is 5.32 Å². The summed E-state index contributed by atoms with van der Waals surface area (Å²) in [7, 11) is 0. The van der Waals surface area contributed by atoms with E-state index < -0.39 is 4.92 Å². The number of nitrogens with one attached hydrogen (secondary N) is 2. The minimum Gasteiger partial charge on any atom is -0.383 e. The van der Waals surface area contributed by atoms with Crippen LogP contribution in [0.25, 0.3) is 10.8 Å². The van der Waals surface area contributed by atoms with E-state index >= 15 is 0 Å². The molecule has 0 saturated heterocycles. The third-order valence-corrected chi connectivity index (χ3v) is 4.94. The topological polar surface area (TPSA) is 84.3 Å². The second-order valence-corrected chi connectivity index (χ2v) is 6.93. The first-order valence-electron chi connectivity index (χ1n) is 8.48.